The van der Waals surface area contributed by atoms with E-state index in [4.69, 9.17) is 5.73 Å². The van der Waals surface area contributed by atoms with Crippen molar-refractivity contribution >= 4 is 35.4 Å². The van der Waals surface area contributed by atoms with Crippen molar-refractivity contribution < 1.29 is 0 Å². The van der Waals surface area contributed by atoms with Gasteiger partial charge in [0.1, 0.15) is 0 Å². The molecule has 1 heterocycles. The first-order valence-electron chi connectivity index (χ1n) is 9.43. The maximum absolute atomic E-state index is 6.41. The summed E-state index contributed by atoms with van der Waals surface area (Å²) >= 11 is 6.13. The van der Waals surface area contributed by atoms with Gasteiger partial charge in [0, 0.05) is 44.1 Å². The lowest BCUT2D eigenvalue weighted by Crippen LogP contribution is -2.17. The van der Waals surface area contributed by atoms with E-state index in [9.17, 15) is 0 Å². The number of rotatable bonds is 6. The van der Waals surface area contributed by atoms with E-state index >= 15 is 0 Å². The molecule has 1 unspecified atom stereocenters. The Hall–Kier alpha value is -2.17. The maximum Gasteiger partial charge on any atom is 0.0486 e. The van der Waals surface area contributed by atoms with Gasteiger partial charge in [-0.25, -0.2) is 0 Å². The quantitative estimate of drug-likeness (QED) is 0.315. The molecular formula is C24H28N2S2. The standard InChI is InChI=1S/C24H28N2S2/c1-14-6-7-15(2)21(10-14)18(5)26-17(4)19-11-16(3)24(25)22(12-19)23-9-8-20(13-27)28-23/h6-12,17,26-27H,5,13,25H2,1-4H3. The Morgan fingerprint density at radius 3 is 2.54 bits per heavy atom. The highest BCUT2D eigenvalue weighted by Gasteiger charge is 2.15. The highest BCUT2D eigenvalue weighted by molar-refractivity contribution is 7.79. The molecular weight excluding hydrogens is 380 g/mol. The summed E-state index contributed by atoms with van der Waals surface area (Å²) in [5, 5.41) is 3.58. The average Bonchev–Trinajstić information content (AvgIpc) is 3.14. The van der Waals surface area contributed by atoms with E-state index in [0.717, 1.165) is 33.8 Å². The third-order valence-electron chi connectivity index (χ3n) is 5.10. The summed E-state index contributed by atoms with van der Waals surface area (Å²) in [6, 6.07) is 15.2. The van der Waals surface area contributed by atoms with Crippen LogP contribution in [0.1, 0.15) is 45.7 Å². The fourth-order valence-corrected chi connectivity index (χ4v) is 4.57. The van der Waals surface area contributed by atoms with Gasteiger partial charge in [0.05, 0.1) is 0 Å². The van der Waals surface area contributed by atoms with E-state index in [1.54, 1.807) is 11.3 Å². The molecule has 2 nitrogen and oxygen atoms in total. The predicted octanol–water partition coefficient (Wildman–Crippen LogP) is 6.67. The fourth-order valence-electron chi connectivity index (χ4n) is 3.37. The normalized spacial score (nSPS) is 12.0. The molecule has 2 aromatic carbocycles. The van der Waals surface area contributed by atoms with Crippen molar-refractivity contribution in [2.45, 2.75) is 39.5 Å². The van der Waals surface area contributed by atoms with Crippen LogP contribution in [0.5, 0.6) is 0 Å². The molecule has 0 bridgehead atoms. The third-order valence-corrected chi connectivity index (χ3v) is 6.77. The van der Waals surface area contributed by atoms with Crippen LogP contribution < -0.4 is 11.1 Å². The summed E-state index contributed by atoms with van der Waals surface area (Å²) in [6.45, 7) is 12.7. The van der Waals surface area contributed by atoms with Crippen molar-refractivity contribution in [3.05, 3.63) is 81.7 Å². The zero-order valence-corrected chi connectivity index (χ0v) is 18.7. The molecule has 0 spiro atoms. The molecule has 1 atom stereocenters. The van der Waals surface area contributed by atoms with Crippen LogP contribution in [0.25, 0.3) is 16.1 Å². The molecule has 0 aliphatic carbocycles. The largest absolute Gasteiger partial charge is 0.398 e. The molecule has 1 aromatic heterocycles. The number of anilines is 1. The Morgan fingerprint density at radius 1 is 1.11 bits per heavy atom. The third kappa shape index (κ3) is 4.29. The minimum Gasteiger partial charge on any atom is -0.398 e. The van der Waals surface area contributed by atoms with E-state index in [1.807, 2.05) is 0 Å². The first-order valence-corrected chi connectivity index (χ1v) is 10.9. The van der Waals surface area contributed by atoms with Crippen molar-refractivity contribution in [1.82, 2.24) is 5.32 Å². The van der Waals surface area contributed by atoms with E-state index in [-0.39, 0.29) is 6.04 Å². The smallest absolute Gasteiger partial charge is 0.0486 e. The average molecular weight is 409 g/mol. The van der Waals surface area contributed by atoms with Crippen molar-refractivity contribution in [3.63, 3.8) is 0 Å². The second kappa shape index (κ2) is 8.46. The Morgan fingerprint density at radius 2 is 1.86 bits per heavy atom. The van der Waals surface area contributed by atoms with E-state index in [0.29, 0.717) is 0 Å². The number of hydrogen-bond donors (Lipinski definition) is 3. The molecule has 3 rings (SSSR count). The lowest BCUT2D eigenvalue weighted by Gasteiger charge is -2.21. The number of benzene rings is 2. The Kier molecular flexibility index (Phi) is 6.21. The molecule has 0 aliphatic rings. The van der Waals surface area contributed by atoms with Crippen LogP contribution in [0.3, 0.4) is 0 Å². The van der Waals surface area contributed by atoms with Gasteiger partial charge in [-0.2, -0.15) is 12.6 Å². The summed E-state index contributed by atoms with van der Waals surface area (Å²) in [4.78, 5) is 2.43. The zero-order valence-electron chi connectivity index (χ0n) is 17.0. The van der Waals surface area contributed by atoms with Gasteiger partial charge < -0.3 is 11.1 Å². The molecule has 0 saturated carbocycles. The second-order valence-corrected chi connectivity index (χ2v) is 8.87. The first-order chi connectivity index (χ1) is 13.3. The van der Waals surface area contributed by atoms with Gasteiger partial charge in [-0.15, -0.1) is 11.3 Å². The molecule has 146 valence electrons. The molecule has 3 aromatic rings. The first kappa shape index (κ1) is 20.6. The van der Waals surface area contributed by atoms with Gasteiger partial charge in [-0.3, -0.25) is 0 Å². The molecule has 3 N–H and O–H groups in total. The lowest BCUT2D eigenvalue weighted by atomic mass is 9.97. The van der Waals surface area contributed by atoms with E-state index in [2.05, 4.69) is 94.7 Å². The molecule has 0 aliphatic heterocycles. The molecule has 0 saturated heterocycles. The van der Waals surface area contributed by atoms with Crippen molar-refractivity contribution in [2.75, 3.05) is 5.73 Å². The number of hydrogen-bond acceptors (Lipinski definition) is 4. The second-order valence-electron chi connectivity index (χ2n) is 7.39. The topological polar surface area (TPSA) is 38.0 Å². The van der Waals surface area contributed by atoms with E-state index in [1.165, 1.54) is 26.4 Å². The number of thiol groups is 1. The molecule has 28 heavy (non-hydrogen) atoms. The van der Waals surface area contributed by atoms with Gasteiger partial charge in [0.2, 0.25) is 0 Å². The highest BCUT2D eigenvalue weighted by atomic mass is 32.1. The SMILES string of the molecule is C=C(NC(C)c1cc(C)c(N)c(-c2ccc(CS)s2)c1)c1cc(C)ccc1C. The molecule has 0 amide bonds. The van der Waals surface area contributed by atoms with Crippen LogP contribution in [-0.2, 0) is 5.75 Å². The van der Waals surface area contributed by atoms with Gasteiger partial charge in [-0.1, -0.05) is 30.3 Å². The number of nitrogen functional groups attached to an aromatic ring is 1. The number of nitrogens with one attached hydrogen (secondary N) is 1. The number of thiophene rings is 1. The molecule has 0 fully saturated rings. The zero-order chi connectivity index (χ0) is 20.4. The van der Waals surface area contributed by atoms with Crippen LogP contribution in [0.15, 0.2) is 49.0 Å². The summed E-state index contributed by atoms with van der Waals surface area (Å²) in [5.74, 6) is 0.747. The number of aryl methyl sites for hydroxylation is 3. The van der Waals surface area contributed by atoms with Gasteiger partial charge in [0.15, 0.2) is 0 Å². The van der Waals surface area contributed by atoms with Crippen molar-refractivity contribution in [1.29, 1.82) is 0 Å². The molecule has 4 heteroatoms. The Balaban J connectivity index is 1.90. The van der Waals surface area contributed by atoms with Crippen LogP contribution in [0.2, 0.25) is 0 Å². The van der Waals surface area contributed by atoms with Gasteiger partial charge in [-0.05, 0) is 68.7 Å². The summed E-state index contributed by atoms with van der Waals surface area (Å²) in [7, 11) is 0. The Labute approximate surface area is 177 Å². The van der Waals surface area contributed by atoms with Gasteiger partial charge in [0.25, 0.3) is 0 Å². The van der Waals surface area contributed by atoms with Crippen molar-refractivity contribution in [2.24, 2.45) is 0 Å². The highest BCUT2D eigenvalue weighted by Crippen LogP contribution is 2.36. The van der Waals surface area contributed by atoms with E-state index < -0.39 is 0 Å². The van der Waals surface area contributed by atoms with Crippen LogP contribution in [0, 0.1) is 20.8 Å². The lowest BCUT2D eigenvalue weighted by molar-refractivity contribution is 0.701. The summed E-state index contributed by atoms with van der Waals surface area (Å²) < 4.78 is 0. The summed E-state index contributed by atoms with van der Waals surface area (Å²) in [5.41, 5.74) is 15.2. The Bertz CT molecular complexity index is 1020. The summed E-state index contributed by atoms with van der Waals surface area (Å²) in [6.07, 6.45) is 0. The van der Waals surface area contributed by atoms with Crippen LogP contribution in [0.4, 0.5) is 5.69 Å². The van der Waals surface area contributed by atoms with Crippen LogP contribution in [-0.4, -0.2) is 0 Å². The fraction of sp³-hybridized carbons (Fsp3) is 0.250. The molecule has 0 radical (unpaired) electrons. The van der Waals surface area contributed by atoms with Gasteiger partial charge >= 0.3 is 0 Å². The monoisotopic (exact) mass is 408 g/mol. The van der Waals surface area contributed by atoms with Crippen LogP contribution >= 0.6 is 24.0 Å². The minimum atomic E-state index is 0.120. The predicted molar refractivity (Wildman–Crippen MR) is 128 cm³/mol. The van der Waals surface area contributed by atoms with Crippen molar-refractivity contribution in [3.8, 4) is 10.4 Å². The maximum atomic E-state index is 6.41. The number of nitrogens with two attached hydrogens (primary N) is 1. The minimum absolute atomic E-state index is 0.120.